The third-order valence-corrected chi connectivity index (χ3v) is 7.78. The number of nitrogens with one attached hydrogen (secondary N) is 1. The number of amides is 1. The van der Waals surface area contributed by atoms with Crippen LogP contribution >= 0.6 is 0 Å². The zero-order chi connectivity index (χ0) is 25.7. The molecule has 5 rings (SSSR count). The van der Waals surface area contributed by atoms with E-state index in [2.05, 4.69) is 84.9 Å². The highest BCUT2D eigenvalue weighted by Crippen LogP contribution is 2.38. The van der Waals surface area contributed by atoms with Gasteiger partial charge in [-0.05, 0) is 56.4 Å². The Kier molecular flexibility index (Phi) is 6.20. The third kappa shape index (κ3) is 4.11. The maximum atomic E-state index is 11.3. The van der Waals surface area contributed by atoms with Crippen LogP contribution in [0.25, 0.3) is 27.9 Å². The number of primary amides is 1. The molecular formula is C27H36N8O. The van der Waals surface area contributed by atoms with Gasteiger partial charge >= 0.3 is 0 Å². The number of nitrogens with zero attached hydrogens (tertiary/aromatic N) is 6. The molecule has 190 valence electrons. The van der Waals surface area contributed by atoms with E-state index in [9.17, 15) is 4.79 Å². The number of anilines is 1. The van der Waals surface area contributed by atoms with Crippen molar-refractivity contribution in [3.05, 3.63) is 41.3 Å². The van der Waals surface area contributed by atoms with Crippen molar-refractivity contribution in [3.63, 3.8) is 0 Å². The first-order valence-corrected chi connectivity index (χ1v) is 12.7. The molecule has 1 aliphatic heterocycles. The summed E-state index contributed by atoms with van der Waals surface area (Å²) in [7, 11) is 2.10. The molecule has 0 unspecified atom stereocenters. The maximum absolute atomic E-state index is 11.3. The average Bonchev–Trinajstić information content (AvgIpc) is 3.44. The van der Waals surface area contributed by atoms with Crippen molar-refractivity contribution in [2.24, 2.45) is 5.73 Å². The highest BCUT2D eigenvalue weighted by molar-refractivity contribution is 5.90. The van der Waals surface area contributed by atoms with Crippen LogP contribution in [0.5, 0.6) is 0 Å². The van der Waals surface area contributed by atoms with Crippen molar-refractivity contribution >= 4 is 28.4 Å². The average molecular weight is 489 g/mol. The summed E-state index contributed by atoms with van der Waals surface area (Å²) < 4.78 is 1.85. The fourth-order valence-electron chi connectivity index (χ4n) is 5.63. The van der Waals surface area contributed by atoms with Gasteiger partial charge in [0, 0.05) is 56.0 Å². The van der Waals surface area contributed by atoms with Crippen LogP contribution in [-0.4, -0.2) is 67.6 Å². The minimum atomic E-state index is -0.244. The van der Waals surface area contributed by atoms with Crippen LogP contribution in [-0.2, 0) is 4.79 Å². The number of fused-ring (bicyclic) bond motifs is 2. The number of carbonyl (C=O) groups is 1. The molecule has 1 amide bonds. The Hall–Kier alpha value is -3.46. The summed E-state index contributed by atoms with van der Waals surface area (Å²) in [6.45, 7) is 12.5. The van der Waals surface area contributed by atoms with E-state index in [1.807, 2.05) is 4.52 Å². The van der Waals surface area contributed by atoms with Crippen molar-refractivity contribution in [1.82, 2.24) is 29.5 Å². The van der Waals surface area contributed by atoms with Gasteiger partial charge in [0.05, 0.1) is 16.7 Å². The normalized spacial score (nSPS) is 18.3. The molecular weight excluding hydrogens is 452 g/mol. The molecule has 0 radical (unpaired) electrons. The molecule has 1 saturated heterocycles. The first-order chi connectivity index (χ1) is 17.2. The molecule has 2 atom stereocenters. The third-order valence-electron chi connectivity index (χ3n) is 7.78. The molecule has 0 aromatic carbocycles. The second-order valence-electron chi connectivity index (χ2n) is 10.5. The second-order valence-corrected chi connectivity index (χ2v) is 10.5. The number of aromatic amines is 1. The summed E-state index contributed by atoms with van der Waals surface area (Å²) in [5.41, 5.74) is 14.0. The van der Waals surface area contributed by atoms with Gasteiger partial charge in [0.25, 0.3) is 0 Å². The fraction of sp³-hybridized carbons (Fsp3) is 0.481. The number of aryl methyl sites for hydroxylation is 1. The Morgan fingerprint density at radius 2 is 2.06 bits per heavy atom. The predicted molar refractivity (Wildman–Crippen MR) is 143 cm³/mol. The molecule has 9 heteroatoms. The van der Waals surface area contributed by atoms with Crippen molar-refractivity contribution in [1.29, 1.82) is 0 Å². The molecule has 4 aromatic heterocycles. The monoisotopic (exact) mass is 488 g/mol. The minimum Gasteiger partial charge on any atom is -0.370 e. The van der Waals surface area contributed by atoms with Crippen molar-refractivity contribution in [2.75, 3.05) is 25.0 Å². The van der Waals surface area contributed by atoms with Crippen LogP contribution in [0.15, 0.2) is 24.7 Å². The number of hydrogen-bond donors (Lipinski definition) is 2. The fourth-order valence-corrected chi connectivity index (χ4v) is 5.63. The first-order valence-electron chi connectivity index (χ1n) is 12.7. The molecule has 0 spiro atoms. The Morgan fingerprint density at radius 1 is 1.28 bits per heavy atom. The highest BCUT2D eigenvalue weighted by Gasteiger charge is 2.35. The number of aromatic nitrogens is 5. The number of likely N-dealkylation sites (N-methyl/N-ethyl adjacent to an activating group) is 1. The van der Waals surface area contributed by atoms with Crippen LogP contribution < -0.4 is 10.6 Å². The van der Waals surface area contributed by atoms with E-state index in [0.717, 1.165) is 58.8 Å². The highest BCUT2D eigenvalue weighted by atomic mass is 16.1. The van der Waals surface area contributed by atoms with Crippen molar-refractivity contribution < 1.29 is 4.79 Å². The van der Waals surface area contributed by atoms with Gasteiger partial charge in [-0.3, -0.25) is 9.69 Å². The van der Waals surface area contributed by atoms with Gasteiger partial charge < -0.3 is 15.6 Å². The lowest BCUT2D eigenvalue weighted by molar-refractivity contribution is -0.119. The summed E-state index contributed by atoms with van der Waals surface area (Å²) in [6.07, 6.45) is 5.17. The van der Waals surface area contributed by atoms with Gasteiger partial charge in [0.15, 0.2) is 5.65 Å². The van der Waals surface area contributed by atoms with E-state index in [-0.39, 0.29) is 11.8 Å². The molecule has 1 fully saturated rings. The van der Waals surface area contributed by atoms with E-state index in [4.69, 9.17) is 10.7 Å². The van der Waals surface area contributed by atoms with Crippen molar-refractivity contribution in [2.45, 2.75) is 65.5 Å². The van der Waals surface area contributed by atoms with Crippen LogP contribution in [0, 0.1) is 13.8 Å². The number of H-pyrrole nitrogens is 1. The van der Waals surface area contributed by atoms with Crippen LogP contribution in [0.1, 0.15) is 56.2 Å². The lowest BCUT2D eigenvalue weighted by atomic mass is 9.93. The number of rotatable bonds is 8. The molecule has 3 N–H and O–H groups in total. The van der Waals surface area contributed by atoms with E-state index in [0.29, 0.717) is 18.5 Å². The smallest absolute Gasteiger partial charge is 0.218 e. The molecule has 4 aromatic rings. The van der Waals surface area contributed by atoms with Gasteiger partial charge in [-0.2, -0.15) is 5.10 Å². The maximum Gasteiger partial charge on any atom is 0.218 e. The summed E-state index contributed by atoms with van der Waals surface area (Å²) in [4.78, 5) is 29.1. The molecule has 0 bridgehead atoms. The Labute approximate surface area is 211 Å². The molecule has 36 heavy (non-hydrogen) atoms. The second kappa shape index (κ2) is 9.20. The number of pyridine rings is 2. The van der Waals surface area contributed by atoms with E-state index < -0.39 is 0 Å². The summed E-state index contributed by atoms with van der Waals surface area (Å²) >= 11 is 0. The van der Waals surface area contributed by atoms with Gasteiger partial charge in [0.1, 0.15) is 12.1 Å². The van der Waals surface area contributed by atoms with Crippen LogP contribution in [0.2, 0.25) is 0 Å². The van der Waals surface area contributed by atoms with Crippen molar-refractivity contribution in [3.8, 4) is 11.3 Å². The number of carbonyl (C=O) groups excluding carboxylic acids is 1. The van der Waals surface area contributed by atoms with Crippen LogP contribution in [0.4, 0.5) is 5.82 Å². The molecule has 5 heterocycles. The topological polar surface area (TPSA) is 108 Å². The lowest BCUT2D eigenvalue weighted by Gasteiger charge is -2.48. The SMILES string of the molecule is Cc1c(-c2[nH]c3ccc(N(C)C[C@H]4C[C@@H](C)N4CCC(N)=O)nc3c2C(C)C)cn2ncnc2c1C. The summed E-state index contributed by atoms with van der Waals surface area (Å²) in [5, 5.41) is 4.39. The van der Waals surface area contributed by atoms with Crippen LogP contribution in [0.3, 0.4) is 0 Å². The molecule has 1 aliphatic rings. The van der Waals surface area contributed by atoms with E-state index in [1.54, 1.807) is 6.33 Å². The number of hydrogen-bond acceptors (Lipinski definition) is 6. The van der Waals surface area contributed by atoms with Gasteiger partial charge in [-0.15, -0.1) is 0 Å². The van der Waals surface area contributed by atoms with E-state index in [1.165, 1.54) is 11.1 Å². The lowest BCUT2D eigenvalue weighted by Crippen LogP contribution is -2.59. The Bertz CT molecular complexity index is 1430. The Balaban J connectivity index is 1.48. The molecule has 0 aliphatic carbocycles. The van der Waals surface area contributed by atoms with Gasteiger partial charge in [-0.25, -0.2) is 14.5 Å². The van der Waals surface area contributed by atoms with Gasteiger partial charge in [0.2, 0.25) is 5.91 Å². The quantitative estimate of drug-likeness (QED) is 0.391. The Morgan fingerprint density at radius 3 is 2.75 bits per heavy atom. The largest absolute Gasteiger partial charge is 0.370 e. The molecule has 9 nitrogen and oxygen atoms in total. The standard InChI is InChI=1S/C27H36N8O/c1-15(2)24-25(20-13-35-27(29-14-30-35)18(5)17(20)4)31-21-7-8-23(32-26(21)24)33(6)12-19-11-16(3)34(19)10-9-22(28)36/h7-8,13-16,19,31H,9-12H2,1-6H3,(H2,28,36)/t16-,19-/m1/s1. The first kappa shape index (κ1) is 24.2. The number of likely N-dealkylation sites (tertiary alicyclic amines) is 1. The molecule has 0 saturated carbocycles. The zero-order valence-corrected chi connectivity index (χ0v) is 22.0. The minimum absolute atomic E-state index is 0.244. The zero-order valence-electron chi connectivity index (χ0n) is 22.0. The summed E-state index contributed by atoms with van der Waals surface area (Å²) in [5.74, 6) is 0.986. The van der Waals surface area contributed by atoms with Gasteiger partial charge in [-0.1, -0.05) is 13.8 Å². The number of nitrogens with two attached hydrogens (primary N) is 1. The summed E-state index contributed by atoms with van der Waals surface area (Å²) in [6, 6.07) is 5.09. The van der Waals surface area contributed by atoms with E-state index >= 15 is 0 Å². The predicted octanol–water partition coefficient (Wildman–Crippen LogP) is 3.79.